The molecule has 1 heterocycles. The summed E-state index contributed by atoms with van der Waals surface area (Å²) in [4.78, 5) is 2.48. The van der Waals surface area contributed by atoms with E-state index in [0.717, 1.165) is 32.4 Å². The van der Waals surface area contributed by atoms with Crippen molar-refractivity contribution in [3.63, 3.8) is 0 Å². The van der Waals surface area contributed by atoms with Gasteiger partial charge in [0.15, 0.2) is 0 Å². The maximum atomic E-state index is 10.8. The number of aliphatic hydroxyl groups is 2. The fraction of sp³-hybridized carbons (Fsp3) is 1.00. The molecule has 0 bridgehead atoms. The van der Waals surface area contributed by atoms with Crippen molar-refractivity contribution in [3.05, 3.63) is 0 Å². The lowest BCUT2D eigenvalue weighted by molar-refractivity contribution is -0.0396. The Bertz CT molecular complexity index is 261. The molecule has 1 aliphatic carbocycles. The number of hydrogen-bond donors (Lipinski definition) is 2. The molecule has 3 nitrogen and oxygen atoms in total. The van der Waals surface area contributed by atoms with Gasteiger partial charge in [-0.3, -0.25) is 4.90 Å². The highest BCUT2D eigenvalue weighted by molar-refractivity contribution is 4.89. The number of likely N-dealkylation sites (tertiary alicyclic amines) is 1. The summed E-state index contributed by atoms with van der Waals surface area (Å²) in [6, 6.07) is 0.466. The molecule has 0 aromatic heterocycles. The average Bonchev–Trinajstić information content (AvgIpc) is 2.55. The second-order valence-electron chi connectivity index (χ2n) is 6.84. The third-order valence-electron chi connectivity index (χ3n) is 4.89. The quantitative estimate of drug-likeness (QED) is 0.824. The van der Waals surface area contributed by atoms with Crippen LogP contribution in [0.5, 0.6) is 0 Å². The van der Waals surface area contributed by atoms with Crippen molar-refractivity contribution in [3.8, 4) is 0 Å². The maximum absolute atomic E-state index is 10.8. The lowest BCUT2D eigenvalue weighted by atomic mass is 9.84. The van der Waals surface area contributed by atoms with Gasteiger partial charge < -0.3 is 10.2 Å². The van der Waals surface area contributed by atoms with Crippen LogP contribution in [0, 0.1) is 0 Å². The molecule has 0 radical (unpaired) electrons. The average molecular weight is 269 g/mol. The van der Waals surface area contributed by atoms with Gasteiger partial charge in [-0.05, 0) is 45.6 Å². The van der Waals surface area contributed by atoms with Crippen LogP contribution in [0.25, 0.3) is 0 Å². The minimum atomic E-state index is -0.459. The van der Waals surface area contributed by atoms with Gasteiger partial charge in [0, 0.05) is 12.6 Å². The largest absolute Gasteiger partial charge is 0.393 e. The van der Waals surface area contributed by atoms with E-state index in [-0.39, 0.29) is 6.10 Å². The topological polar surface area (TPSA) is 43.7 Å². The number of rotatable bonds is 4. The summed E-state index contributed by atoms with van der Waals surface area (Å²) in [7, 11) is 0. The molecule has 1 saturated heterocycles. The molecule has 1 saturated carbocycles. The molecular weight excluding hydrogens is 238 g/mol. The first-order chi connectivity index (χ1) is 9.09. The lowest BCUT2D eigenvalue weighted by Crippen LogP contribution is -2.48. The Hall–Kier alpha value is -0.120. The van der Waals surface area contributed by atoms with Crippen molar-refractivity contribution >= 4 is 0 Å². The maximum Gasteiger partial charge on any atom is 0.0774 e. The molecule has 2 aliphatic rings. The lowest BCUT2D eigenvalue weighted by Gasteiger charge is -2.40. The highest BCUT2D eigenvalue weighted by atomic mass is 16.3. The molecule has 0 spiro atoms. The first-order valence-corrected chi connectivity index (χ1v) is 8.24. The van der Waals surface area contributed by atoms with Crippen LogP contribution in [0.3, 0.4) is 0 Å². The fourth-order valence-electron chi connectivity index (χ4n) is 3.85. The van der Waals surface area contributed by atoms with E-state index in [4.69, 9.17) is 0 Å². The van der Waals surface area contributed by atoms with Crippen molar-refractivity contribution in [2.75, 3.05) is 13.1 Å². The molecule has 3 heteroatoms. The summed E-state index contributed by atoms with van der Waals surface area (Å²) in [5, 5.41) is 20.5. The summed E-state index contributed by atoms with van der Waals surface area (Å²) in [5.74, 6) is 0. The van der Waals surface area contributed by atoms with Crippen LogP contribution < -0.4 is 0 Å². The Kier molecular flexibility index (Phi) is 5.67. The van der Waals surface area contributed by atoms with Crippen molar-refractivity contribution in [1.29, 1.82) is 0 Å². The van der Waals surface area contributed by atoms with E-state index in [2.05, 4.69) is 4.90 Å². The van der Waals surface area contributed by atoms with E-state index >= 15 is 0 Å². The summed E-state index contributed by atoms with van der Waals surface area (Å²) in [6.07, 6.45) is 11.2. The Morgan fingerprint density at radius 3 is 2.47 bits per heavy atom. The Morgan fingerprint density at radius 1 is 1.11 bits per heavy atom. The van der Waals surface area contributed by atoms with E-state index in [1.165, 1.54) is 44.9 Å². The second-order valence-corrected chi connectivity index (χ2v) is 6.84. The second kappa shape index (κ2) is 7.05. The SMILES string of the molecule is CC(O)CC1CCCCCN1CC1(O)CCCCC1. The summed E-state index contributed by atoms with van der Waals surface area (Å²) in [6.45, 7) is 3.81. The summed E-state index contributed by atoms with van der Waals surface area (Å²) < 4.78 is 0. The van der Waals surface area contributed by atoms with Gasteiger partial charge in [-0.15, -0.1) is 0 Å². The van der Waals surface area contributed by atoms with Crippen molar-refractivity contribution in [2.24, 2.45) is 0 Å². The van der Waals surface area contributed by atoms with Gasteiger partial charge in [0.2, 0.25) is 0 Å². The highest BCUT2D eigenvalue weighted by Gasteiger charge is 2.34. The molecule has 19 heavy (non-hydrogen) atoms. The summed E-state index contributed by atoms with van der Waals surface area (Å²) >= 11 is 0. The van der Waals surface area contributed by atoms with E-state index in [1.54, 1.807) is 0 Å². The third kappa shape index (κ3) is 4.73. The van der Waals surface area contributed by atoms with E-state index < -0.39 is 5.60 Å². The van der Waals surface area contributed by atoms with Gasteiger partial charge in [-0.2, -0.15) is 0 Å². The van der Waals surface area contributed by atoms with E-state index in [9.17, 15) is 10.2 Å². The number of hydrogen-bond acceptors (Lipinski definition) is 3. The Balaban J connectivity index is 1.96. The van der Waals surface area contributed by atoms with Crippen molar-refractivity contribution in [1.82, 2.24) is 4.90 Å². The molecule has 2 rings (SSSR count). The van der Waals surface area contributed by atoms with E-state index in [1.807, 2.05) is 6.92 Å². The molecule has 2 atom stereocenters. The molecule has 1 aliphatic heterocycles. The predicted molar refractivity (Wildman–Crippen MR) is 78.2 cm³/mol. The minimum absolute atomic E-state index is 0.230. The van der Waals surface area contributed by atoms with Crippen molar-refractivity contribution in [2.45, 2.75) is 88.9 Å². The zero-order valence-electron chi connectivity index (χ0n) is 12.5. The van der Waals surface area contributed by atoms with Crippen LogP contribution in [0.4, 0.5) is 0 Å². The smallest absolute Gasteiger partial charge is 0.0774 e. The third-order valence-corrected chi connectivity index (χ3v) is 4.89. The van der Waals surface area contributed by atoms with Gasteiger partial charge in [-0.25, -0.2) is 0 Å². The monoisotopic (exact) mass is 269 g/mol. The van der Waals surface area contributed by atoms with Crippen LogP contribution in [-0.4, -0.2) is 45.9 Å². The summed E-state index contributed by atoms with van der Waals surface area (Å²) in [5.41, 5.74) is -0.459. The molecule has 112 valence electrons. The van der Waals surface area contributed by atoms with Gasteiger partial charge in [-0.1, -0.05) is 32.1 Å². The fourth-order valence-corrected chi connectivity index (χ4v) is 3.85. The minimum Gasteiger partial charge on any atom is -0.393 e. The van der Waals surface area contributed by atoms with Crippen LogP contribution in [0.1, 0.15) is 71.1 Å². The standard InChI is InChI=1S/C16H31NO2/c1-14(18)12-15-8-4-2-7-11-17(15)13-16(19)9-5-3-6-10-16/h14-15,18-19H,2-13H2,1H3. The molecular formula is C16H31NO2. The first kappa shape index (κ1) is 15.3. The van der Waals surface area contributed by atoms with Gasteiger partial charge >= 0.3 is 0 Å². The molecule has 2 fully saturated rings. The zero-order chi connectivity index (χ0) is 13.7. The molecule has 0 aromatic carbocycles. The van der Waals surface area contributed by atoms with Crippen LogP contribution in [-0.2, 0) is 0 Å². The van der Waals surface area contributed by atoms with Gasteiger partial charge in [0.25, 0.3) is 0 Å². The van der Waals surface area contributed by atoms with Crippen LogP contribution in [0.15, 0.2) is 0 Å². The van der Waals surface area contributed by atoms with Gasteiger partial charge in [0.05, 0.1) is 11.7 Å². The normalized spacial score (nSPS) is 30.8. The van der Waals surface area contributed by atoms with E-state index in [0.29, 0.717) is 6.04 Å². The van der Waals surface area contributed by atoms with Gasteiger partial charge in [0.1, 0.15) is 0 Å². The Labute approximate surface area is 118 Å². The predicted octanol–water partition coefficient (Wildman–Crippen LogP) is 2.70. The molecule has 2 unspecified atom stereocenters. The Morgan fingerprint density at radius 2 is 1.79 bits per heavy atom. The highest BCUT2D eigenvalue weighted by Crippen LogP contribution is 2.31. The van der Waals surface area contributed by atoms with Crippen molar-refractivity contribution < 1.29 is 10.2 Å². The zero-order valence-corrected chi connectivity index (χ0v) is 12.5. The molecule has 0 aromatic rings. The van der Waals surface area contributed by atoms with Crippen LogP contribution >= 0.6 is 0 Å². The molecule has 2 N–H and O–H groups in total. The number of nitrogens with zero attached hydrogens (tertiary/aromatic N) is 1. The van der Waals surface area contributed by atoms with Crippen LogP contribution in [0.2, 0.25) is 0 Å². The number of aliphatic hydroxyl groups excluding tert-OH is 1. The molecule has 0 amide bonds. The first-order valence-electron chi connectivity index (χ1n) is 8.24. The number of β-amino-alcohol motifs (C(OH)–C–C–N with tert-alkyl or cyclic N) is 1.